The molecule has 0 saturated carbocycles. The largest absolute Gasteiger partial charge is 0.481 e. The maximum atomic E-state index is 12.7. The number of nitrogens with zero attached hydrogens (tertiary/aromatic N) is 3. The van der Waals surface area contributed by atoms with E-state index < -0.39 is 27.6 Å². The lowest BCUT2D eigenvalue weighted by molar-refractivity contribution is -0.145. The molecular weight excluding hydrogens is 374 g/mol. The quantitative estimate of drug-likeness (QED) is 0.462. The number of methoxy groups -OCH3 is 1. The molecule has 0 bridgehead atoms. The van der Waals surface area contributed by atoms with Gasteiger partial charge in [-0.05, 0) is 19.3 Å². The maximum Gasteiger partial charge on any atom is 0.306 e. The van der Waals surface area contributed by atoms with Crippen molar-refractivity contribution in [1.82, 2.24) is 9.80 Å². The Morgan fingerprint density at radius 3 is 2.48 bits per heavy atom. The normalized spacial score (nSPS) is 23.0. The lowest BCUT2D eigenvalue weighted by Crippen LogP contribution is -2.41. The molecule has 0 aromatic rings. The van der Waals surface area contributed by atoms with Crippen LogP contribution in [0.25, 0.3) is 0 Å². The van der Waals surface area contributed by atoms with Crippen LogP contribution in [0.15, 0.2) is 11.8 Å². The summed E-state index contributed by atoms with van der Waals surface area (Å²) in [5.74, 6) is -1.71. The van der Waals surface area contributed by atoms with Gasteiger partial charge in [0.1, 0.15) is 11.6 Å². The number of carboxylic acids is 1. The molecule has 1 unspecified atom stereocenters. The number of carboxylic acid groups (broad SMARTS) is 1. The SMILES string of the molecule is COCCN(/C=C(/C#N)C(=O)N1CCC(C(=O)O)CC1)C1CCS(=O)(=O)C1. The van der Waals surface area contributed by atoms with Crippen molar-refractivity contribution in [3.05, 3.63) is 11.8 Å². The zero-order valence-corrected chi connectivity index (χ0v) is 16.2. The summed E-state index contributed by atoms with van der Waals surface area (Å²) in [4.78, 5) is 26.9. The zero-order chi connectivity index (χ0) is 20.0. The molecule has 0 spiro atoms. The van der Waals surface area contributed by atoms with Gasteiger partial charge in [0.05, 0.1) is 24.0 Å². The molecule has 2 fully saturated rings. The predicted molar refractivity (Wildman–Crippen MR) is 96.3 cm³/mol. The molecule has 2 aliphatic heterocycles. The summed E-state index contributed by atoms with van der Waals surface area (Å²) < 4.78 is 28.6. The molecule has 2 heterocycles. The standard InChI is InChI=1S/C17H25N3O6S/c1-26-8-7-20(15-4-9-27(24,25)12-15)11-14(10-18)16(21)19-5-2-13(3-6-19)17(22)23/h11,13,15H,2-9,12H2,1H3,(H,22,23)/b14-11-. The van der Waals surface area contributed by atoms with Gasteiger partial charge < -0.3 is 19.6 Å². The topological polar surface area (TPSA) is 128 Å². The molecule has 150 valence electrons. The smallest absolute Gasteiger partial charge is 0.306 e. The highest BCUT2D eigenvalue weighted by Gasteiger charge is 2.33. The highest BCUT2D eigenvalue weighted by atomic mass is 32.2. The molecule has 1 atom stereocenters. The van der Waals surface area contributed by atoms with Gasteiger partial charge in [-0.1, -0.05) is 0 Å². The molecule has 0 aliphatic carbocycles. The number of ether oxygens (including phenoxy) is 1. The Bertz CT molecular complexity index is 734. The first-order chi connectivity index (χ1) is 12.8. The monoisotopic (exact) mass is 399 g/mol. The van der Waals surface area contributed by atoms with Gasteiger partial charge in [0.25, 0.3) is 5.91 Å². The summed E-state index contributed by atoms with van der Waals surface area (Å²) in [5.41, 5.74) is -0.0795. The fourth-order valence-corrected chi connectivity index (χ4v) is 5.13. The second-order valence-corrected chi connectivity index (χ2v) is 9.08. The van der Waals surface area contributed by atoms with E-state index in [1.165, 1.54) is 18.2 Å². The molecule has 2 saturated heterocycles. The molecule has 2 aliphatic rings. The van der Waals surface area contributed by atoms with E-state index in [4.69, 9.17) is 9.84 Å². The number of sulfone groups is 1. The van der Waals surface area contributed by atoms with Crippen LogP contribution in [0.5, 0.6) is 0 Å². The molecule has 0 radical (unpaired) electrons. The number of piperidine rings is 1. The third-order valence-electron chi connectivity index (χ3n) is 5.01. The van der Waals surface area contributed by atoms with Crippen molar-refractivity contribution in [3.63, 3.8) is 0 Å². The third kappa shape index (κ3) is 5.68. The van der Waals surface area contributed by atoms with Crippen LogP contribution in [0.3, 0.4) is 0 Å². The van der Waals surface area contributed by atoms with E-state index in [2.05, 4.69) is 0 Å². The first-order valence-electron chi connectivity index (χ1n) is 8.86. The zero-order valence-electron chi connectivity index (χ0n) is 15.3. The number of hydrogen-bond acceptors (Lipinski definition) is 7. The van der Waals surface area contributed by atoms with Gasteiger partial charge in [-0.15, -0.1) is 0 Å². The maximum absolute atomic E-state index is 12.7. The van der Waals surface area contributed by atoms with Crippen LogP contribution >= 0.6 is 0 Å². The number of carbonyl (C=O) groups is 2. The van der Waals surface area contributed by atoms with Crippen LogP contribution in [0.4, 0.5) is 0 Å². The van der Waals surface area contributed by atoms with Crippen molar-refractivity contribution in [3.8, 4) is 6.07 Å². The minimum Gasteiger partial charge on any atom is -0.481 e. The Kier molecular flexibility index (Phi) is 7.21. The van der Waals surface area contributed by atoms with Crippen LogP contribution in [0.2, 0.25) is 0 Å². The first-order valence-corrected chi connectivity index (χ1v) is 10.7. The van der Waals surface area contributed by atoms with Crippen molar-refractivity contribution in [1.29, 1.82) is 5.26 Å². The van der Waals surface area contributed by atoms with Gasteiger partial charge >= 0.3 is 5.97 Å². The van der Waals surface area contributed by atoms with Crippen LogP contribution in [0.1, 0.15) is 19.3 Å². The lowest BCUT2D eigenvalue weighted by atomic mass is 9.97. The van der Waals surface area contributed by atoms with E-state index in [0.717, 1.165) is 0 Å². The number of aliphatic carboxylic acids is 1. The van der Waals surface area contributed by atoms with Crippen LogP contribution in [-0.2, 0) is 24.2 Å². The Labute approximate surface area is 159 Å². The summed E-state index contributed by atoms with van der Waals surface area (Å²) in [6, 6.07) is 1.61. The summed E-state index contributed by atoms with van der Waals surface area (Å²) in [6.45, 7) is 1.27. The molecule has 1 amide bonds. The highest BCUT2D eigenvalue weighted by molar-refractivity contribution is 7.91. The van der Waals surface area contributed by atoms with E-state index in [9.17, 15) is 23.3 Å². The van der Waals surface area contributed by atoms with Gasteiger partial charge in [0, 0.05) is 39.0 Å². The van der Waals surface area contributed by atoms with Crippen LogP contribution in [-0.4, -0.2) is 86.1 Å². The minimum atomic E-state index is -3.11. The third-order valence-corrected chi connectivity index (χ3v) is 6.76. The average molecular weight is 399 g/mol. The van der Waals surface area contributed by atoms with E-state index in [-0.39, 0.29) is 36.2 Å². The highest BCUT2D eigenvalue weighted by Crippen LogP contribution is 2.21. The van der Waals surface area contributed by atoms with E-state index >= 15 is 0 Å². The summed E-state index contributed by atoms with van der Waals surface area (Å²) in [7, 11) is -1.58. The Morgan fingerprint density at radius 2 is 2.00 bits per heavy atom. The minimum absolute atomic E-state index is 0.00980. The number of carbonyl (C=O) groups excluding carboxylic acids is 1. The molecular formula is C17H25N3O6S. The van der Waals surface area contributed by atoms with Crippen LogP contribution < -0.4 is 0 Å². The van der Waals surface area contributed by atoms with Crippen molar-refractivity contribution >= 4 is 21.7 Å². The summed E-state index contributed by atoms with van der Waals surface area (Å²) >= 11 is 0. The van der Waals surface area contributed by atoms with Crippen molar-refractivity contribution in [2.45, 2.75) is 25.3 Å². The number of amides is 1. The summed E-state index contributed by atoms with van der Waals surface area (Å²) in [6.07, 6.45) is 2.58. The fraction of sp³-hybridized carbons (Fsp3) is 0.706. The van der Waals surface area contributed by atoms with Crippen molar-refractivity contribution in [2.75, 3.05) is 44.9 Å². The first kappa shape index (κ1) is 21.2. The fourth-order valence-electron chi connectivity index (χ4n) is 3.38. The second kappa shape index (κ2) is 9.19. The van der Waals surface area contributed by atoms with E-state index in [1.54, 1.807) is 4.90 Å². The number of hydrogen-bond donors (Lipinski definition) is 1. The van der Waals surface area contributed by atoms with Gasteiger partial charge in [-0.3, -0.25) is 9.59 Å². The van der Waals surface area contributed by atoms with Crippen molar-refractivity contribution < 1.29 is 27.9 Å². The molecule has 27 heavy (non-hydrogen) atoms. The predicted octanol–water partition coefficient (Wildman–Crippen LogP) is -0.147. The van der Waals surface area contributed by atoms with E-state index in [1.807, 2.05) is 6.07 Å². The molecule has 0 aromatic heterocycles. The average Bonchev–Trinajstić information content (AvgIpc) is 3.01. The molecule has 1 N–H and O–H groups in total. The Balaban J connectivity index is 2.11. The van der Waals surface area contributed by atoms with Gasteiger partial charge in [-0.25, -0.2) is 8.42 Å². The molecule has 0 aromatic carbocycles. The molecule has 10 heteroatoms. The van der Waals surface area contributed by atoms with E-state index in [0.29, 0.717) is 32.4 Å². The second-order valence-electron chi connectivity index (χ2n) is 6.85. The summed E-state index contributed by atoms with van der Waals surface area (Å²) in [5, 5.41) is 18.5. The number of likely N-dealkylation sites (tertiary alicyclic amines) is 1. The number of nitriles is 1. The Morgan fingerprint density at radius 1 is 1.33 bits per heavy atom. The lowest BCUT2D eigenvalue weighted by Gasteiger charge is -2.31. The van der Waals surface area contributed by atoms with Gasteiger partial charge in [0.15, 0.2) is 9.84 Å². The molecule has 9 nitrogen and oxygen atoms in total. The van der Waals surface area contributed by atoms with Crippen molar-refractivity contribution in [2.24, 2.45) is 5.92 Å². The van der Waals surface area contributed by atoms with Gasteiger partial charge in [-0.2, -0.15) is 5.26 Å². The number of rotatable bonds is 7. The molecule has 2 rings (SSSR count). The van der Waals surface area contributed by atoms with Gasteiger partial charge in [0.2, 0.25) is 0 Å². The Hall–Kier alpha value is -2.12. The van der Waals surface area contributed by atoms with Crippen LogP contribution in [0, 0.1) is 17.2 Å².